The molecule has 6 rings (SSSR count). The van der Waals surface area contributed by atoms with E-state index in [1.54, 1.807) is 42.6 Å². The number of amides is 1. The van der Waals surface area contributed by atoms with Gasteiger partial charge in [0.05, 0.1) is 31.4 Å². The van der Waals surface area contributed by atoms with E-state index in [9.17, 15) is 23.9 Å². The summed E-state index contributed by atoms with van der Waals surface area (Å²) in [5, 5.41) is 22.5. The highest BCUT2D eigenvalue weighted by Crippen LogP contribution is 2.30. The van der Waals surface area contributed by atoms with Crippen LogP contribution in [0.25, 0.3) is 11.4 Å². The van der Waals surface area contributed by atoms with Crippen LogP contribution in [-0.4, -0.2) is 107 Å². The Kier molecular flexibility index (Phi) is 9.58. The molecule has 11 nitrogen and oxygen atoms in total. The fourth-order valence-electron chi connectivity index (χ4n) is 5.81. The number of aliphatic hydroxyl groups excluding tert-OH is 1. The Balaban J connectivity index is 1.06. The van der Waals surface area contributed by atoms with Gasteiger partial charge in [0.15, 0.2) is 12.0 Å². The summed E-state index contributed by atoms with van der Waals surface area (Å²) in [5.41, 5.74) is 1.52. The summed E-state index contributed by atoms with van der Waals surface area (Å²) in [6.07, 6.45) is -2.63. The van der Waals surface area contributed by atoms with E-state index >= 15 is 0 Å². The normalized spacial score (nSPS) is 24.4. The van der Waals surface area contributed by atoms with Crippen LogP contribution in [0.15, 0.2) is 54.7 Å². The van der Waals surface area contributed by atoms with Crippen LogP contribution in [0.5, 0.6) is 11.5 Å². The highest BCUT2D eigenvalue weighted by atomic mass is 19.1. The summed E-state index contributed by atoms with van der Waals surface area (Å²) in [5.74, 6) is 1.18. The number of hydrogen-bond donors (Lipinski definition) is 2. The first-order valence-corrected chi connectivity index (χ1v) is 15.4. The highest BCUT2D eigenvalue weighted by Gasteiger charge is 2.37. The van der Waals surface area contributed by atoms with Gasteiger partial charge >= 0.3 is 0 Å². The number of nitriles is 1. The van der Waals surface area contributed by atoms with Gasteiger partial charge < -0.3 is 29.5 Å². The number of alkyl halides is 2. The lowest BCUT2D eigenvalue weighted by Crippen LogP contribution is -2.56. The number of carbonyl (C=O) groups is 1. The maximum atomic E-state index is 14.9. The number of nitrogens with one attached hydrogen (secondary N) is 1. The van der Waals surface area contributed by atoms with Crippen LogP contribution >= 0.6 is 0 Å². The Bertz CT molecular complexity index is 1570. The lowest BCUT2D eigenvalue weighted by Gasteiger charge is -2.42. The van der Waals surface area contributed by atoms with Crippen molar-refractivity contribution < 1.29 is 32.9 Å². The zero-order valence-electron chi connectivity index (χ0n) is 25.4. The molecule has 1 aromatic heterocycles. The number of rotatable bonds is 9. The molecule has 0 saturated carbocycles. The van der Waals surface area contributed by atoms with E-state index in [-0.39, 0.29) is 30.8 Å². The van der Waals surface area contributed by atoms with E-state index in [0.717, 1.165) is 12.2 Å². The van der Waals surface area contributed by atoms with Crippen molar-refractivity contribution in [2.45, 2.75) is 56.5 Å². The Morgan fingerprint density at radius 2 is 1.80 bits per heavy atom. The first-order valence-electron chi connectivity index (χ1n) is 15.4. The number of nitrogens with zero attached hydrogens (tertiary/aromatic N) is 5. The Hall–Kier alpha value is -4.38. The molecule has 0 radical (unpaired) electrons. The zero-order valence-corrected chi connectivity index (χ0v) is 25.4. The second kappa shape index (κ2) is 13.9. The third-order valence-electron chi connectivity index (χ3n) is 8.51. The average molecular weight is 635 g/mol. The fourth-order valence-corrected chi connectivity index (χ4v) is 5.81. The minimum absolute atomic E-state index is 0.188. The Morgan fingerprint density at radius 3 is 2.48 bits per heavy atom. The quantitative estimate of drug-likeness (QED) is 0.360. The molecule has 5 atom stereocenters. The third kappa shape index (κ3) is 7.20. The second-order valence-electron chi connectivity index (χ2n) is 11.8. The minimum atomic E-state index is -1.47. The molecule has 3 aromatic rings. The van der Waals surface area contributed by atoms with Crippen molar-refractivity contribution >= 4 is 17.4 Å². The molecule has 3 aliphatic rings. The van der Waals surface area contributed by atoms with E-state index in [1.807, 2.05) is 12.1 Å². The van der Waals surface area contributed by atoms with Gasteiger partial charge in [-0.2, -0.15) is 5.26 Å². The zero-order chi connectivity index (χ0) is 32.2. The molecule has 0 spiro atoms. The number of hydrogen-bond acceptors (Lipinski definition) is 10. The van der Waals surface area contributed by atoms with Crippen LogP contribution in [0.1, 0.15) is 25.3 Å². The van der Waals surface area contributed by atoms with Gasteiger partial charge in [0.2, 0.25) is 0 Å². The topological polar surface area (TPSA) is 133 Å². The lowest BCUT2D eigenvalue weighted by atomic mass is 10.0. The van der Waals surface area contributed by atoms with Gasteiger partial charge in [-0.15, -0.1) is 0 Å². The first kappa shape index (κ1) is 31.6. The monoisotopic (exact) mass is 634 g/mol. The van der Waals surface area contributed by atoms with Crippen LogP contribution in [0, 0.1) is 11.3 Å². The van der Waals surface area contributed by atoms with Crippen molar-refractivity contribution in [2.24, 2.45) is 0 Å². The van der Waals surface area contributed by atoms with Crippen molar-refractivity contribution in [1.29, 1.82) is 5.26 Å². The van der Waals surface area contributed by atoms with Gasteiger partial charge in [-0.1, -0.05) is 0 Å². The molecular weight excluding hydrogens is 598 g/mol. The first-order chi connectivity index (χ1) is 22.3. The Labute approximate surface area is 265 Å². The summed E-state index contributed by atoms with van der Waals surface area (Å²) in [6.45, 7) is 3.88. The molecule has 3 saturated heterocycles. The largest absolute Gasteiger partial charge is 0.487 e. The van der Waals surface area contributed by atoms with Gasteiger partial charge in [-0.25, -0.2) is 18.7 Å². The van der Waals surface area contributed by atoms with E-state index in [4.69, 9.17) is 14.2 Å². The van der Waals surface area contributed by atoms with Crippen LogP contribution in [-0.2, 0) is 9.53 Å². The van der Waals surface area contributed by atoms with Gasteiger partial charge in [0, 0.05) is 43.5 Å². The standard InChI is InChI=1S/C33H36F2N6O5/c1-20(42)33(43)41-13-10-30(27(35)17-41)46-28-7-2-21(14-22(28)15-36)32-37-11-8-31(39-32)38-23-3-5-25(6-4-23)45-29-9-12-40(16-26(29)34)24-18-44-19-24/h2-8,11,14,20,24,26-27,29-30,42H,9-10,12-13,16-19H2,1H3,(H,37,38,39)/t20-,26+,27+,29-,30-/m0/s1. The molecule has 2 N–H and O–H groups in total. The smallest absolute Gasteiger partial charge is 0.251 e. The van der Waals surface area contributed by atoms with Crippen LogP contribution in [0.2, 0.25) is 0 Å². The second-order valence-corrected chi connectivity index (χ2v) is 11.8. The molecule has 0 aliphatic carbocycles. The van der Waals surface area contributed by atoms with Crippen molar-refractivity contribution in [3.8, 4) is 29.0 Å². The predicted molar refractivity (Wildman–Crippen MR) is 164 cm³/mol. The summed E-state index contributed by atoms with van der Waals surface area (Å²) in [4.78, 5) is 24.4. The van der Waals surface area contributed by atoms with Gasteiger partial charge in [0.25, 0.3) is 5.91 Å². The molecule has 3 fully saturated rings. The number of aromatic nitrogens is 2. The summed E-state index contributed by atoms with van der Waals surface area (Å²) in [7, 11) is 0. The van der Waals surface area contributed by atoms with E-state index in [2.05, 4.69) is 26.3 Å². The molecule has 13 heteroatoms. The van der Waals surface area contributed by atoms with Crippen molar-refractivity contribution in [2.75, 3.05) is 44.7 Å². The molecule has 2 aromatic carbocycles. The molecular formula is C33H36F2N6O5. The number of benzene rings is 2. The number of carbonyl (C=O) groups excluding carboxylic acids is 1. The number of ether oxygens (including phenoxy) is 3. The number of aliphatic hydroxyl groups is 1. The molecule has 1 amide bonds. The maximum absolute atomic E-state index is 14.9. The van der Waals surface area contributed by atoms with Crippen molar-refractivity contribution in [1.82, 2.24) is 19.8 Å². The lowest BCUT2D eigenvalue weighted by molar-refractivity contribution is -0.143. The number of piperidine rings is 2. The van der Waals surface area contributed by atoms with E-state index in [0.29, 0.717) is 55.2 Å². The summed E-state index contributed by atoms with van der Waals surface area (Å²) >= 11 is 0. The molecule has 46 heavy (non-hydrogen) atoms. The predicted octanol–water partition coefficient (Wildman–Crippen LogP) is 3.65. The van der Waals surface area contributed by atoms with Crippen molar-refractivity contribution in [3.63, 3.8) is 0 Å². The maximum Gasteiger partial charge on any atom is 0.251 e. The molecule has 4 heterocycles. The number of anilines is 2. The fraction of sp³-hybridized carbons (Fsp3) is 0.455. The van der Waals surface area contributed by atoms with E-state index in [1.165, 1.54) is 11.8 Å². The van der Waals surface area contributed by atoms with Crippen LogP contribution in [0.3, 0.4) is 0 Å². The molecule has 242 valence electrons. The summed E-state index contributed by atoms with van der Waals surface area (Å²) < 4.78 is 46.7. The van der Waals surface area contributed by atoms with Crippen molar-refractivity contribution in [3.05, 3.63) is 60.3 Å². The average Bonchev–Trinajstić information content (AvgIpc) is 3.03. The van der Waals surface area contributed by atoms with Gasteiger partial charge in [-0.3, -0.25) is 9.69 Å². The minimum Gasteiger partial charge on any atom is -0.487 e. The Morgan fingerprint density at radius 1 is 1.07 bits per heavy atom. The SMILES string of the molecule is C[C@H](O)C(=O)N1CC[C@H](Oc2ccc(-c3nccc(Nc4ccc(O[C@H]5CCN(C6COC6)C[C@H]5F)cc4)n3)cc2C#N)[C@H](F)C1. The van der Waals surface area contributed by atoms with E-state index < -0.39 is 36.6 Å². The van der Waals surface area contributed by atoms with Crippen LogP contribution < -0.4 is 14.8 Å². The van der Waals surface area contributed by atoms with Crippen LogP contribution in [0.4, 0.5) is 20.3 Å². The third-order valence-corrected chi connectivity index (χ3v) is 8.51. The molecule has 0 bridgehead atoms. The van der Waals surface area contributed by atoms with Gasteiger partial charge in [0.1, 0.15) is 47.9 Å². The number of likely N-dealkylation sites (tertiary alicyclic amines) is 2. The van der Waals surface area contributed by atoms with Gasteiger partial charge in [-0.05, 0) is 61.9 Å². The number of halogens is 2. The summed E-state index contributed by atoms with van der Waals surface area (Å²) in [6, 6.07) is 16.2. The molecule has 0 unspecified atom stereocenters. The molecule has 3 aliphatic heterocycles. The highest BCUT2D eigenvalue weighted by molar-refractivity contribution is 5.80.